The molecule has 0 saturated carbocycles. The molecule has 2 aromatic rings. The van der Waals surface area contributed by atoms with Crippen molar-refractivity contribution >= 4 is 40.8 Å². The molecule has 0 aliphatic heterocycles. The van der Waals surface area contributed by atoms with Crippen molar-refractivity contribution in [3.05, 3.63) is 51.5 Å². The van der Waals surface area contributed by atoms with Crippen LogP contribution in [0.15, 0.2) is 30.3 Å². The number of phenols is 1. The van der Waals surface area contributed by atoms with Crippen molar-refractivity contribution in [1.29, 1.82) is 0 Å². The lowest BCUT2D eigenvalue weighted by Gasteiger charge is -2.11. The van der Waals surface area contributed by atoms with E-state index in [1.165, 1.54) is 25.3 Å². The van der Waals surface area contributed by atoms with Gasteiger partial charge in [-0.15, -0.1) is 0 Å². The summed E-state index contributed by atoms with van der Waals surface area (Å²) < 4.78 is 9.81. The molecule has 0 unspecified atom stereocenters. The highest BCUT2D eigenvalue weighted by molar-refractivity contribution is 6.40. The third-order valence-corrected chi connectivity index (χ3v) is 4.11. The number of aryl methyl sites for hydroxylation is 1. The van der Waals surface area contributed by atoms with Gasteiger partial charge in [0.15, 0.2) is 6.61 Å². The number of aromatic hydroxyl groups is 1. The van der Waals surface area contributed by atoms with Gasteiger partial charge >= 0.3 is 5.97 Å². The molecule has 0 atom stereocenters. The van der Waals surface area contributed by atoms with Gasteiger partial charge in [0.25, 0.3) is 5.91 Å². The second-order valence-electron chi connectivity index (χ2n) is 5.06. The summed E-state index contributed by atoms with van der Waals surface area (Å²) in [4.78, 5) is 23.9. The van der Waals surface area contributed by atoms with Gasteiger partial charge in [0.2, 0.25) is 0 Å². The van der Waals surface area contributed by atoms with E-state index in [1.54, 1.807) is 19.1 Å². The number of carbonyl (C=O) groups excluding carboxylic acids is 2. The number of rotatable bonds is 5. The van der Waals surface area contributed by atoms with Gasteiger partial charge in [0.1, 0.15) is 17.1 Å². The van der Waals surface area contributed by atoms with Gasteiger partial charge in [-0.2, -0.15) is 0 Å². The molecule has 0 radical (unpaired) electrons. The normalized spacial score (nSPS) is 10.2. The van der Waals surface area contributed by atoms with Crippen LogP contribution in [-0.4, -0.2) is 30.7 Å². The summed E-state index contributed by atoms with van der Waals surface area (Å²) in [5.74, 6) is -1.39. The van der Waals surface area contributed by atoms with E-state index in [0.717, 1.165) is 5.56 Å². The van der Waals surface area contributed by atoms with Crippen LogP contribution in [0, 0.1) is 6.92 Å². The van der Waals surface area contributed by atoms with E-state index in [1.807, 2.05) is 0 Å². The third kappa shape index (κ3) is 4.55. The lowest BCUT2D eigenvalue weighted by Crippen LogP contribution is -2.21. The van der Waals surface area contributed by atoms with Crippen LogP contribution in [0.25, 0.3) is 0 Å². The second kappa shape index (κ2) is 8.09. The molecule has 2 aromatic carbocycles. The van der Waals surface area contributed by atoms with Crippen LogP contribution in [0.3, 0.4) is 0 Å². The van der Waals surface area contributed by atoms with Gasteiger partial charge in [0.05, 0.1) is 22.8 Å². The molecule has 0 heterocycles. The quantitative estimate of drug-likeness (QED) is 0.766. The average Bonchev–Trinajstić information content (AvgIpc) is 2.59. The summed E-state index contributed by atoms with van der Waals surface area (Å²) >= 11 is 12.1. The van der Waals surface area contributed by atoms with E-state index >= 15 is 0 Å². The van der Waals surface area contributed by atoms with Crippen LogP contribution < -0.4 is 10.1 Å². The number of phenolic OH excluding ortho intramolecular Hbond substituents is 1. The molecule has 132 valence electrons. The highest BCUT2D eigenvalue weighted by Gasteiger charge is 2.17. The maximum Gasteiger partial charge on any atom is 0.342 e. The molecule has 0 aliphatic carbocycles. The van der Waals surface area contributed by atoms with E-state index in [-0.39, 0.29) is 22.0 Å². The molecule has 0 saturated heterocycles. The highest BCUT2D eigenvalue weighted by atomic mass is 35.5. The minimum absolute atomic E-state index is 0.0831. The molecular formula is C17H15Cl2NO5. The van der Waals surface area contributed by atoms with Gasteiger partial charge in [-0.05, 0) is 30.7 Å². The van der Waals surface area contributed by atoms with Gasteiger partial charge in [-0.1, -0.05) is 29.3 Å². The summed E-state index contributed by atoms with van der Waals surface area (Å²) in [6.45, 7) is 1.20. The van der Waals surface area contributed by atoms with Gasteiger partial charge in [-0.3, -0.25) is 4.79 Å². The zero-order valence-electron chi connectivity index (χ0n) is 13.4. The van der Waals surface area contributed by atoms with E-state index < -0.39 is 18.5 Å². The standard InChI is InChI=1S/C17H15Cl2NO5/c1-9-3-6-12(18)16(15(9)19)20-14(22)8-25-17(23)11-5-4-10(24-2)7-13(11)21/h3-7,21H,8H2,1-2H3,(H,20,22). The fraction of sp³-hybridized carbons (Fsp3) is 0.176. The molecule has 1 amide bonds. The number of nitrogens with one attached hydrogen (secondary N) is 1. The fourth-order valence-electron chi connectivity index (χ4n) is 1.97. The Hall–Kier alpha value is -2.44. The lowest BCUT2D eigenvalue weighted by atomic mass is 10.2. The average molecular weight is 384 g/mol. The monoisotopic (exact) mass is 383 g/mol. The summed E-state index contributed by atoms with van der Waals surface area (Å²) in [6, 6.07) is 7.40. The first-order chi connectivity index (χ1) is 11.8. The van der Waals surface area contributed by atoms with Crippen LogP contribution in [0.4, 0.5) is 5.69 Å². The number of halogens is 2. The zero-order valence-corrected chi connectivity index (χ0v) is 14.9. The minimum Gasteiger partial charge on any atom is -0.507 e. The van der Waals surface area contributed by atoms with Crippen molar-refractivity contribution < 1.29 is 24.2 Å². The van der Waals surface area contributed by atoms with Crippen molar-refractivity contribution in [2.75, 3.05) is 19.0 Å². The summed E-state index contributed by atoms with van der Waals surface area (Å²) in [6.07, 6.45) is 0. The van der Waals surface area contributed by atoms with Crippen molar-refractivity contribution in [2.45, 2.75) is 6.92 Å². The SMILES string of the molecule is COc1ccc(C(=O)OCC(=O)Nc2c(Cl)ccc(C)c2Cl)c(O)c1. The van der Waals surface area contributed by atoms with E-state index in [9.17, 15) is 14.7 Å². The molecule has 25 heavy (non-hydrogen) atoms. The van der Waals surface area contributed by atoms with Crippen LogP contribution in [0.2, 0.25) is 10.0 Å². The molecule has 0 fully saturated rings. The number of hydrogen-bond donors (Lipinski definition) is 2. The first-order valence-electron chi connectivity index (χ1n) is 7.12. The third-order valence-electron chi connectivity index (χ3n) is 3.31. The van der Waals surface area contributed by atoms with Gasteiger partial charge in [-0.25, -0.2) is 4.79 Å². The molecule has 0 spiro atoms. The number of anilines is 1. The topological polar surface area (TPSA) is 84.9 Å². The predicted octanol–water partition coefficient (Wildman–Crippen LogP) is 3.81. The summed E-state index contributed by atoms with van der Waals surface area (Å²) in [5.41, 5.74) is 0.901. The molecule has 2 N–H and O–H groups in total. The summed E-state index contributed by atoms with van der Waals surface area (Å²) in [7, 11) is 1.43. The molecule has 2 rings (SSSR count). The Morgan fingerprint density at radius 2 is 1.92 bits per heavy atom. The highest BCUT2D eigenvalue weighted by Crippen LogP contribution is 2.32. The van der Waals surface area contributed by atoms with Crippen LogP contribution in [0.5, 0.6) is 11.5 Å². The fourth-order valence-corrected chi connectivity index (χ4v) is 2.43. The summed E-state index contributed by atoms with van der Waals surface area (Å²) in [5, 5.41) is 12.8. The molecular weight excluding hydrogens is 369 g/mol. The number of ether oxygens (including phenoxy) is 2. The van der Waals surface area contributed by atoms with E-state index in [0.29, 0.717) is 10.8 Å². The Morgan fingerprint density at radius 3 is 2.56 bits per heavy atom. The first kappa shape index (κ1) is 18.9. The Balaban J connectivity index is 2.01. The van der Waals surface area contributed by atoms with E-state index in [4.69, 9.17) is 32.7 Å². The predicted molar refractivity (Wildman–Crippen MR) is 94.8 cm³/mol. The minimum atomic E-state index is -0.850. The Morgan fingerprint density at radius 1 is 1.20 bits per heavy atom. The van der Waals surface area contributed by atoms with Crippen molar-refractivity contribution in [3.63, 3.8) is 0 Å². The number of hydrogen-bond acceptors (Lipinski definition) is 5. The van der Waals surface area contributed by atoms with Gasteiger partial charge in [0, 0.05) is 6.07 Å². The Bertz CT molecular complexity index is 823. The lowest BCUT2D eigenvalue weighted by molar-refractivity contribution is -0.119. The first-order valence-corrected chi connectivity index (χ1v) is 7.87. The Labute approximate surface area is 154 Å². The van der Waals surface area contributed by atoms with Crippen LogP contribution in [0.1, 0.15) is 15.9 Å². The van der Waals surface area contributed by atoms with Gasteiger partial charge < -0.3 is 19.9 Å². The number of amides is 1. The van der Waals surface area contributed by atoms with Crippen molar-refractivity contribution in [2.24, 2.45) is 0 Å². The van der Waals surface area contributed by atoms with Crippen molar-refractivity contribution in [1.82, 2.24) is 0 Å². The Kier molecular flexibility index (Phi) is 6.12. The van der Waals surface area contributed by atoms with E-state index in [2.05, 4.69) is 5.32 Å². The maximum absolute atomic E-state index is 12.0. The van der Waals surface area contributed by atoms with Crippen LogP contribution >= 0.6 is 23.2 Å². The second-order valence-corrected chi connectivity index (χ2v) is 5.85. The maximum atomic E-state index is 12.0. The number of methoxy groups -OCH3 is 1. The molecule has 0 aliphatic rings. The molecule has 0 aromatic heterocycles. The largest absolute Gasteiger partial charge is 0.507 e. The molecule has 8 heteroatoms. The van der Waals surface area contributed by atoms with Crippen molar-refractivity contribution in [3.8, 4) is 11.5 Å². The van der Waals surface area contributed by atoms with Crippen LogP contribution in [-0.2, 0) is 9.53 Å². The number of esters is 1. The molecule has 6 nitrogen and oxygen atoms in total. The number of carbonyl (C=O) groups is 2. The molecule has 0 bridgehead atoms. The smallest absolute Gasteiger partial charge is 0.342 e. The zero-order chi connectivity index (χ0) is 18.6. The number of benzene rings is 2.